The Morgan fingerprint density at radius 1 is 0.583 bits per heavy atom. The van der Waals surface area contributed by atoms with Crippen molar-refractivity contribution in [1.29, 1.82) is 0 Å². The molecule has 3 aromatic carbocycles. The van der Waals surface area contributed by atoms with Gasteiger partial charge in [-0.25, -0.2) is 0 Å². The maximum Gasteiger partial charge on any atom is 0.143 e. The fourth-order valence-corrected chi connectivity index (χ4v) is 3.46. The molecule has 0 aliphatic carbocycles. The molecule has 0 heterocycles. The van der Waals surface area contributed by atoms with Crippen LogP contribution in [-0.2, 0) is 0 Å². The predicted molar refractivity (Wildman–Crippen MR) is 119 cm³/mol. The molecule has 0 saturated heterocycles. The highest BCUT2D eigenvalue weighted by Gasteiger charge is 2.14. The van der Waals surface area contributed by atoms with Gasteiger partial charge in [0.15, 0.2) is 0 Å². The van der Waals surface area contributed by atoms with Gasteiger partial charge in [0.05, 0.1) is 0 Å². The third-order valence-corrected chi connectivity index (χ3v) is 5.47. The van der Waals surface area contributed by atoms with E-state index in [4.69, 9.17) is 0 Å². The molecule has 1 N–H and O–H groups in total. The summed E-state index contributed by atoms with van der Waals surface area (Å²) in [4.78, 5) is 0. The van der Waals surface area contributed by atoms with Crippen LogP contribution < -0.4 is 21.9 Å². The van der Waals surface area contributed by atoms with Crippen LogP contribution in [0.25, 0.3) is 22.3 Å². The molecular formula is C18H17B4BrO. The molecule has 0 bridgehead atoms. The summed E-state index contributed by atoms with van der Waals surface area (Å²) in [6.45, 7) is 0. The average Bonchev–Trinajstić information content (AvgIpc) is 2.60. The first kappa shape index (κ1) is 17.0. The molecule has 0 aliphatic rings. The van der Waals surface area contributed by atoms with Crippen molar-refractivity contribution in [1.82, 2.24) is 0 Å². The van der Waals surface area contributed by atoms with Gasteiger partial charge < -0.3 is 5.11 Å². The van der Waals surface area contributed by atoms with Crippen molar-refractivity contribution < 1.29 is 5.11 Å². The minimum atomic E-state index is 0.417. The van der Waals surface area contributed by atoms with E-state index in [0.717, 1.165) is 26.3 Å². The Balaban J connectivity index is 2.08. The number of hydrogen-bond acceptors (Lipinski definition) is 1. The minimum Gasteiger partial charge on any atom is -0.509 e. The lowest BCUT2D eigenvalue weighted by Gasteiger charge is -2.19. The fourth-order valence-electron chi connectivity index (χ4n) is 3.20. The second kappa shape index (κ2) is 6.60. The van der Waals surface area contributed by atoms with E-state index in [9.17, 15) is 5.11 Å². The zero-order valence-corrected chi connectivity index (χ0v) is 16.0. The first-order chi connectivity index (χ1) is 11.4. The number of phenols is 1. The number of aromatic hydroxyl groups is 1. The molecule has 0 aromatic heterocycles. The summed E-state index contributed by atoms with van der Waals surface area (Å²) in [6.07, 6.45) is 0. The van der Waals surface area contributed by atoms with Crippen molar-refractivity contribution in [2.24, 2.45) is 0 Å². The first-order valence-corrected chi connectivity index (χ1v) is 8.85. The Bertz CT molecular complexity index is 877. The Morgan fingerprint density at radius 3 is 1.42 bits per heavy atom. The molecular weight excluding hydrogens is 355 g/mol. The summed E-state index contributed by atoms with van der Waals surface area (Å²) in [5.41, 5.74) is 9.04. The average molecular weight is 372 g/mol. The SMILES string of the molecule is Bc1c(B)c(-c2ccc(-c3ccc(Br)cc3)cc2)c(B)c(B)c1O. The molecule has 6 heteroatoms. The van der Waals surface area contributed by atoms with Crippen LogP contribution in [-0.4, -0.2) is 36.5 Å². The number of benzene rings is 3. The van der Waals surface area contributed by atoms with Crippen LogP contribution in [0.1, 0.15) is 0 Å². The van der Waals surface area contributed by atoms with E-state index in [1.807, 2.05) is 15.7 Å². The van der Waals surface area contributed by atoms with Crippen LogP contribution in [0.3, 0.4) is 0 Å². The molecule has 3 rings (SSSR count). The number of halogens is 1. The Morgan fingerprint density at radius 2 is 0.958 bits per heavy atom. The van der Waals surface area contributed by atoms with E-state index in [-0.39, 0.29) is 0 Å². The smallest absolute Gasteiger partial charge is 0.143 e. The first-order valence-electron chi connectivity index (χ1n) is 8.06. The monoisotopic (exact) mass is 372 g/mol. The molecule has 0 atom stereocenters. The second-order valence-electron chi connectivity index (χ2n) is 6.31. The van der Waals surface area contributed by atoms with Gasteiger partial charge in [0, 0.05) is 4.47 Å². The van der Waals surface area contributed by atoms with E-state index in [2.05, 4.69) is 80.2 Å². The lowest BCUT2D eigenvalue weighted by atomic mass is 9.65. The van der Waals surface area contributed by atoms with Gasteiger partial charge >= 0.3 is 0 Å². The van der Waals surface area contributed by atoms with Gasteiger partial charge in [-0.2, -0.15) is 0 Å². The van der Waals surface area contributed by atoms with E-state index >= 15 is 0 Å². The van der Waals surface area contributed by atoms with Gasteiger partial charge in [0.2, 0.25) is 0 Å². The summed E-state index contributed by atoms with van der Waals surface area (Å²) in [7, 11) is 8.13. The highest BCUT2D eigenvalue weighted by molar-refractivity contribution is 9.10. The van der Waals surface area contributed by atoms with Gasteiger partial charge in [0.1, 0.15) is 37.1 Å². The molecule has 0 fully saturated rings. The number of rotatable bonds is 2. The lowest BCUT2D eigenvalue weighted by Crippen LogP contribution is -2.42. The van der Waals surface area contributed by atoms with Crippen LogP contribution in [0.2, 0.25) is 0 Å². The van der Waals surface area contributed by atoms with Crippen LogP contribution in [0.5, 0.6) is 5.75 Å². The summed E-state index contributed by atoms with van der Waals surface area (Å²) < 4.78 is 1.09. The number of hydrogen-bond donors (Lipinski definition) is 1. The summed E-state index contributed by atoms with van der Waals surface area (Å²) in [6, 6.07) is 17.0. The predicted octanol–water partition coefficient (Wildman–Crippen LogP) is -1.48. The quantitative estimate of drug-likeness (QED) is 0.545. The van der Waals surface area contributed by atoms with Crippen LogP contribution in [0, 0.1) is 0 Å². The normalized spacial score (nSPS) is 10.7. The Hall–Kier alpha value is -1.80. The molecule has 0 radical (unpaired) electrons. The van der Waals surface area contributed by atoms with Crippen molar-refractivity contribution in [3.8, 4) is 28.0 Å². The highest BCUT2D eigenvalue weighted by atomic mass is 79.9. The molecule has 0 unspecified atom stereocenters. The van der Waals surface area contributed by atoms with Gasteiger partial charge in [-0.05, 0) is 34.4 Å². The van der Waals surface area contributed by atoms with E-state index < -0.39 is 0 Å². The molecule has 1 nitrogen and oxygen atoms in total. The summed E-state index contributed by atoms with van der Waals surface area (Å²) in [5.74, 6) is 0.417. The molecule has 24 heavy (non-hydrogen) atoms. The third-order valence-electron chi connectivity index (χ3n) is 4.94. The third kappa shape index (κ3) is 2.95. The summed E-state index contributed by atoms with van der Waals surface area (Å²) in [5, 5.41) is 10.3. The molecule has 0 aliphatic heterocycles. The van der Waals surface area contributed by atoms with Gasteiger partial charge in [-0.1, -0.05) is 74.2 Å². The molecule has 0 spiro atoms. The highest BCUT2D eigenvalue weighted by Crippen LogP contribution is 2.24. The lowest BCUT2D eigenvalue weighted by molar-refractivity contribution is 0.484. The maximum atomic E-state index is 10.3. The molecule has 0 amide bonds. The zero-order valence-electron chi connectivity index (χ0n) is 14.4. The second-order valence-corrected chi connectivity index (χ2v) is 7.22. The molecule has 0 saturated carbocycles. The van der Waals surface area contributed by atoms with Crippen molar-refractivity contribution in [3.63, 3.8) is 0 Å². The topological polar surface area (TPSA) is 20.2 Å². The van der Waals surface area contributed by atoms with Crippen LogP contribution >= 0.6 is 15.9 Å². The Kier molecular flexibility index (Phi) is 4.69. The standard InChI is InChI=1S/C18H17B4BrO/c19-14-13(15(20)17(22)18(24)16(14)21)11-3-1-9(2-4-11)10-5-7-12(23)8-6-10/h1-8,24H,19-22H2. The minimum absolute atomic E-state index is 0.417. The molecule has 3 aromatic rings. The van der Waals surface area contributed by atoms with Crippen LogP contribution in [0.15, 0.2) is 53.0 Å². The Labute approximate surface area is 155 Å². The van der Waals surface area contributed by atoms with Crippen molar-refractivity contribution in [2.75, 3.05) is 0 Å². The van der Waals surface area contributed by atoms with Crippen molar-refractivity contribution in [3.05, 3.63) is 53.0 Å². The fraction of sp³-hybridized carbons (Fsp3) is 0. The zero-order chi connectivity index (χ0) is 17.4. The van der Waals surface area contributed by atoms with Gasteiger partial charge in [0.25, 0.3) is 0 Å². The van der Waals surface area contributed by atoms with Gasteiger partial charge in [-0.15, -0.1) is 0 Å². The van der Waals surface area contributed by atoms with Crippen molar-refractivity contribution >= 4 is 69.2 Å². The van der Waals surface area contributed by atoms with Gasteiger partial charge in [-0.3, -0.25) is 0 Å². The molecule has 114 valence electrons. The van der Waals surface area contributed by atoms with E-state index in [1.54, 1.807) is 0 Å². The van der Waals surface area contributed by atoms with Crippen LogP contribution in [0.4, 0.5) is 0 Å². The number of phenolic OH excluding ortho intramolecular Hbond substituents is 1. The van der Waals surface area contributed by atoms with E-state index in [1.165, 1.54) is 22.3 Å². The van der Waals surface area contributed by atoms with E-state index in [0.29, 0.717) is 5.75 Å². The maximum absolute atomic E-state index is 10.3. The van der Waals surface area contributed by atoms with Crippen molar-refractivity contribution in [2.45, 2.75) is 0 Å². The largest absolute Gasteiger partial charge is 0.509 e. The summed E-state index contributed by atoms with van der Waals surface area (Å²) >= 11 is 3.48.